The van der Waals surface area contributed by atoms with Gasteiger partial charge in [0.15, 0.2) is 5.43 Å². The zero-order valence-electron chi connectivity index (χ0n) is 13.4. The lowest BCUT2D eigenvalue weighted by atomic mass is 9.97. The molecule has 1 aromatic rings. The Hall–Kier alpha value is -2.59. The molecule has 0 N–H and O–H groups in total. The maximum Gasteiger partial charge on any atom is 0.340 e. The van der Waals surface area contributed by atoms with E-state index in [1.807, 2.05) is 29.8 Å². The summed E-state index contributed by atoms with van der Waals surface area (Å²) in [4.78, 5) is 24.2. The Morgan fingerprint density at radius 1 is 1.17 bits per heavy atom. The number of carbonyl (C=O) groups is 1. The number of hydrogen-bond acceptors (Lipinski definition) is 3. The van der Waals surface area contributed by atoms with Crippen LogP contribution >= 0.6 is 11.6 Å². The van der Waals surface area contributed by atoms with Gasteiger partial charge in [0.2, 0.25) is 0 Å². The van der Waals surface area contributed by atoms with Crippen molar-refractivity contribution >= 4 is 17.6 Å². The van der Waals surface area contributed by atoms with Crippen molar-refractivity contribution in [2.45, 2.75) is 13.8 Å². The first-order valence-corrected chi connectivity index (χ1v) is 7.98. The highest BCUT2D eigenvalue weighted by atomic mass is 35.5. The van der Waals surface area contributed by atoms with Gasteiger partial charge in [0, 0.05) is 28.2 Å². The van der Waals surface area contributed by atoms with Gasteiger partial charge in [0.1, 0.15) is 0 Å². The van der Waals surface area contributed by atoms with Crippen LogP contribution in [0.15, 0.2) is 53.5 Å². The molecule has 0 spiro atoms. The van der Waals surface area contributed by atoms with E-state index < -0.39 is 5.97 Å². The SMILES string of the molecule is CCOC(=O)c1c2cc(=O)ccc-2cn(-c2ccc(Cl)cc2)c1C. The summed E-state index contributed by atoms with van der Waals surface area (Å²) in [5, 5.41) is 0.638. The number of rotatable bonds is 3. The first-order valence-electron chi connectivity index (χ1n) is 7.60. The minimum absolute atomic E-state index is 0.142. The molecule has 1 aliphatic heterocycles. The number of ether oxygens (including phenoxy) is 1. The van der Waals surface area contributed by atoms with Crippen molar-refractivity contribution in [2.24, 2.45) is 0 Å². The Labute approximate surface area is 144 Å². The van der Waals surface area contributed by atoms with E-state index >= 15 is 0 Å². The van der Waals surface area contributed by atoms with E-state index in [2.05, 4.69) is 0 Å². The fraction of sp³-hybridized carbons (Fsp3) is 0.158. The molecule has 0 aromatic heterocycles. The van der Waals surface area contributed by atoms with E-state index in [0.29, 0.717) is 21.8 Å². The fourth-order valence-corrected chi connectivity index (χ4v) is 2.87. The van der Waals surface area contributed by atoms with Crippen LogP contribution < -0.4 is 5.43 Å². The number of benzene rings is 2. The van der Waals surface area contributed by atoms with Crippen molar-refractivity contribution in [3.8, 4) is 16.8 Å². The predicted molar refractivity (Wildman–Crippen MR) is 94.4 cm³/mol. The summed E-state index contributed by atoms with van der Waals surface area (Å²) in [6.07, 6.45) is 1.90. The standard InChI is InChI=1S/C19H16ClNO3/c1-3-24-19(23)18-12(2)21(15-7-5-14(20)6-8-15)11-13-4-9-16(22)10-17(13)18/h4-11H,3H2,1-2H3. The van der Waals surface area contributed by atoms with Crippen LogP contribution in [0.25, 0.3) is 16.8 Å². The van der Waals surface area contributed by atoms with Crippen molar-refractivity contribution in [3.05, 3.63) is 75.2 Å². The van der Waals surface area contributed by atoms with Crippen molar-refractivity contribution in [3.63, 3.8) is 0 Å². The van der Waals surface area contributed by atoms with Crippen LogP contribution in [0.1, 0.15) is 23.0 Å². The molecule has 0 bridgehead atoms. The molecule has 0 amide bonds. The molecule has 2 aliphatic rings. The number of pyridine rings is 1. The topological polar surface area (TPSA) is 48.3 Å². The van der Waals surface area contributed by atoms with E-state index in [-0.39, 0.29) is 12.0 Å². The molecule has 24 heavy (non-hydrogen) atoms. The number of hydrogen-bond donors (Lipinski definition) is 0. The maximum absolute atomic E-state index is 12.5. The normalized spacial score (nSPS) is 10.8. The van der Waals surface area contributed by atoms with Gasteiger partial charge in [-0.1, -0.05) is 11.6 Å². The lowest BCUT2D eigenvalue weighted by Crippen LogP contribution is -2.16. The third-order valence-electron chi connectivity index (χ3n) is 3.87. The van der Waals surface area contributed by atoms with Gasteiger partial charge in [-0.25, -0.2) is 4.79 Å². The smallest absolute Gasteiger partial charge is 0.340 e. The van der Waals surface area contributed by atoms with Gasteiger partial charge in [-0.3, -0.25) is 4.79 Å². The summed E-state index contributed by atoms with van der Waals surface area (Å²) in [7, 11) is 0. The molecule has 0 atom stereocenters. The van der Waals surface area contributed by atoms with Gasteiger partial charge in [0.05, 0.1) is 12.2 Å². The summed E-state index contributed by atoms with van der Waals surface area (Å²) in [6, 6.07) is 12.0. The van der Waals surface area contributed by atoms with Gasteiger partial charge in [-0.2, -0.15) is 0 Å². The zero-order valence-corrected chi connectivity index (χ0v) is 14.1. The van der Waals surface area contributed by atoms with Gasteiger partial charge < -0.3 is 9.30 Å². The number of esters is 1. The van der Waals surface area contributed by atoms with Crippen LogP contribution in [-0.2, 0) is 4.74 Å². The number of fused-ring (bicyclic) bond motifs is 1. The quantitative estimate of drug-likeness (QED) is 0.674. The molecule has 0 saturated heterocycles. The Morgan fingerprint density at radius 3 is 2.54 bits per heavy atom. The van der Waals surface area contributed by atoms with Gasteiger partial charge >= 0.3 is 5.97 Å². The number of aromatic nitrogens is 1. The molecule has 3 rings (SSSR count). The Kier molecular flexibility index (Phi) is 4.40. The van der Waals surface area contributed by atoms with Crippen molar-refractivity contribution in [1.29, 1.82) is 0 Å². The second-order valence-corrected chi connectivity index (χ2v) is 5.84. The molecule has 1 aromatic carbocycles. The average molecular weight is 342 g/mol. The lowest BCUT2D eigenvalue weighted by molar-refractivity contribution is 0.0525. The molecule has 0 saturated carbocycles. The van der Waals surface area contributed by atoms with Crippen molar-refractivity contribution in [2.75, 3.05) is 6.61 Å². The van der Waals surface area contributed by atoms with E-state index in [0.717, 1.165) is 11.3 Å². The minimum Gasteiger partial charge on any atom is -0.462 e. The lowest BCUT2D eigenvalue weighted by Gasteiger charge is -2.20. The summed E-state index contributed by atoms with van der Waals surface area (Å²) in [5.74, 6) is -0.436. The molecule has 1 heterocycles. The molecular weight excluding hydrogens is 326 g/mol. The summed E-state index contributed by atoms with van der Waals surface area (Å²) < 4.78 is 7.09. The summed E-state index contributed by atoms with van der Waals surface area (Å²) in [6.45, 7) is 3.86. The van der Waals surface area contributed by atoms with Crippen LogP contribution in [0.5, 0.6) is 0 Å². The Bertz CT molecular complexity index is 928. The molecule has 0 unspecified atom stereocenters. The molecule has 0 fully saturated rings. The van der Waals surface area contributed by atoms with E-state index in [9.17, 15) is 9.59 Å². The minimum atomic E-state index is -0.436. The monoisotopic (exact) mass is 341 g/mol. The van der Waals surface area contributed by atoms with E-state index in [1.165, 1.54) is 12.1 Å². The first-order chi connectivity index (χ1) is 11.5. The van der Waals surface area contributed by atoms with Crippen molar-refractivity contribution < 1.29 is 9.53 Å². The first kappa shape index (κ1) is 16.3. The third kappa shape index (κ3) is 2.93. The van der Waals surface area contributed by atoms with Gasteiger partial charge in [-0.15, -0.1) is 0 Å². The molecule has 5 heteroatoms. The molecule has 0 radical (unpaired) electrons. The predicted octanol–water partition coefficient (Wildman–Crippen LogP) is 4.08. The van der Waals surface area contributed by atoms with Crippen molar-refractivity contribution in [1.82, 2.24) is 4.57 Å². The van der Waals surface area contributed by atoms with Crippen LogP contribution in [0.4, 0.5) is 0 Å². The molecule has 1 aliphatic carbocycles. The summed E-state index contributed by atoms with van der Waals surface area (Å²) in [5.41, 5.74) is 3.23. The second-order valence-electron chi connectivity index (χ2n) is 5.41. The fourth-order valence-electron chi connectivity index (χ4n) is 2.75. The van der Waals surface area contributed by atoms with Gasteiger partial charge in [0.25, 0.3) is 0 Å². The highest BCUT2D eigenvalue weighted by Crippen LogP contribution is 2.30. The summed E-state index contributed by atoms with van der Waals surface area (Å²) >= 11 is 5.96. The van der Waals surface area contributed by atoms with E-state index in [4.69, 9.17) is 16.3 Å². The van der Waals surface area contributed by atoms with Crippen LogP contribution in [0, 0.1) is 6.92 Å². The highest BCUT2D eigenvalue weighted by molar-refractivity contribution is 6.30. The van der Waals surface area contributed by atoms with Crippen LogP contribution in [0.2, 0.25) is 5.02 Å². The zero-order chi connectivity index (χ0) is 17.3. The van der Waals surface area contributed by atoms with Gasteiger partial charge in [-0.05, 0) is 61.9 Å². The number of halogens is 1. The Balaban J connectivity index is 2.32. The van der Waals surface area contributed by atoms with Crippen LogP contribution in [-0.4, -0.2) is 17.1 Å². The third-order valence-corrected chi connectivity index (χ3v) is 4.12. The largest absolute Gasteiger partial charge is 0.462 e. The number of carbonyl (C=O) groups excluding carboxylic acids is 1. The number of nitrogens with zero attached hydrogens (tertiary/aromatic N) is 1. The molecule has 122 valence electrons. The van der Waals surface area contributed by atoms with Crippen LogP contribution in [0.3, 0.4) is 0 Å². The maximum atomic E-state index is 12.5. The average Bonchev–Trinajstić information content (AvgIpc) is 2.55. The van der Waals surface area contributed by atoms with E-state index in [1.54, 1.807) is 25.1 Å². The Morgan fingerprint density at radius 2 is 1.88 bits per heavy atom. The second kappa shape index (κ2) is 6.49. The highest BCUT2D eigenvalue weighted by Gasteiger charge is 2.21. The molecular formula is C19H16ClNO3. The molecule has 4 nitrogen and oxygen atoms in total.